The molecule has 0 spiro atoms. The van der Waals surface area contributed by atoms with Gasteiger partial charge in [0, 0.05) is 13.1 Å². The van der Waals surface area contributed by atoms with Gasteiger partial charge in [0.25, 0.3) is 0 Å². The van der Waals surface area contributed by atoms with Crippen molar-refractivity contribution >= 4 is 10.8 Å². The van der Waals surface area contributed by atoms with E-state index in [1.165, 1.54) is 0 Å². The molecule has 0 amide bonds. The number of hydrogen-bond acceptors (Lipinski definition) is 3. The van der Waals surface area contributed by atoms with Crippen molar-refractivity contribution in [2.24, 2.45) is 5.92 Å². The summed E-state index contributed by atoms with van der Waals surface area (Å²) >= 11 is 0. The Hall–Kier alpha value is 0.230. The van der Waals surface area contributed by atoms with Crippen molar-refractivity contribution in [2.45, 2.75) is 53.4 Å². The first-order chi connectivity index (χ1) is 7.44. The largest absolute Gasteiger partial charge is 0.285 e. The fourth-order valence-corrected chi connectivity index (χ4v) is 3.57. The van der Waals surface area contributed by atoms with E-state index in [0.29, 0.717) is 11.7 Å². The molecule has 0 aromatic rings. The van der Waals surface area contributed by atoms with Gasteiger partial charge in [0.15, 0.2) is 0 Å². The normalized spacial score (nSPS) is 13.8. The lowest BCUT2D eigenvalue weighted by Crippen LogP contribution is -2.32. The van der Waals surface area contributed by atoms with E-state index in [1.54, 1.807) is 0 Å². The van der Waals surface area contributed by atoms with Crippen molar-refractivity contribution in [2.75, 3.05) is 18.8 Å². The fraction of sp³-hybridized carbons (Fsp3) is 1.00. The maximum atomic E-state index is 10.2. The van der Waals surface area contributed by atoms with Crippen LogP contribution in [0.15, 0.2) is 0 Å². The Bertz CT molecular complexity index is 166. The summed E-state index contributed by atoms with van der Waals surface area (Å²) in [7, 11) is -2.53. The van der Waals surface area contributed by atoms with Crippen molar-refractivity contribution in [3.63, 3.8) is 0 Å². The van der Waals surface area contributed by atoms with Crippen LogP contribution in [0.4, 0.5) is 0 Å². The monoisotopic (exact) mass is 251 g/mol. The molecule has 0 saturated carbocycles. The van der Waals surface area contributed by atoms with Gasteiger partial charge >= 0.3 is 0 Å². The summed E-state index contributed by atoms with van der Waals surface area (Å²) in [6.07, 6.45) is 4.27. The molecule has 3 nitrogen and oxygen atoms in total. The second-order valence-electron chi connectivity index (χ2n) is 4.83. The molecule has 0 atom stereocenters. The molecule has 4 heteroatoms. The summed E-state index contributed by atoms with van der Waals surface area (Å²) in [5.41, 5.74) is 0. The van der Waals surface area contributed by atoms with Crippen LogP contribution >= 0.6 is 10.8 Å². The lowest BCUT2D eigenvalue weighted by molar-refractivity contribution is 0.333. The molecule has 0 bridgehead atoms. The molecule has 0 radical (unpaired) electrons. The molecule has 2 N–H and O–H groups in total. The Labute approximate surface area is 103 Å². The van der Waals surface area contributed by atoms with Crippen molar-refractivity contribution in [3.05, 3.63) is 0 Å². The quantitative estimate of drug-likeness (QED) is 0.645. The topological polar surface area (TPSA) is 43.7 Å². The molecular weight excluding hydrogens is 222 g/mol. The van der Waals surface area contributed by atoms with Crippen LogP contribution in [0.3, 0.4) is 0 Å². The summed E-state index contributed by atoms with van der Waals surface area (Å²) in [6, 6.07) is 0. The van der Waals surface area contributed by atoms with Gasteiger partial charge in [-0.2, -0.15) is 0 Å². The van der Waals surface area contributed by atoms with Gasteiger partial charge in [-0.15, -0.1) is 10.8 Å². The van der Waals surface area contributed by atoms with E-state index < -0.39 is 10.8 Å². The Balaban J connectivity index is 4.32. The fourth-order valence-electron chi connectivity index (χ4n) is 1.63. The Morgan fingerprint density at radius 3 is 1.75 bits per heavy atom. The van der Waals surface area contributed by atoms with E-state index in [1.807, 2.05) is 18.2 Å². The zero-order valence-corrected chi connectivity index (χ0v) is 12.1. The molecule has 0 rings (SSSR count). The van der Waals surface area contributed by atoms with Crippen LogP contribution in [0, 0.1) is 5.92 Å². The summed E-state index contributed by atoms with van der Waals surface area (Å²) in [5, 5.41) is 0. The van der Waals surface area contributed by atoms with Crippen LogP contribution in [-0.2, 0) is 0 Å². The van der Waals surface area contributed by atoms with Crippen LogP contribution < -0.4 is 0 Å². The smallest absolute Gasteiger partial charge is 0.0553 e. The molecule has 0 aromatic carbocycles. The van der Waals surface area contributed by atoms with Gasteiger partial charge in [-0.25, -0.2) is 4.31 Å². The highest BCUT2D eigenvalue weighted by Crippen LogP contribution is 2.44. The van der Waals surface area contributed by atoms with E-state index in [4.69, 9.17) is 0 Å². The minimum atomic E-state index is -2.53. The molecule has 16 heavy (non-hydrogen) atoms. The van der Waals surface area contributed by atoms with E-state index in [-0.39, 0.29) is 0 Å². The number of rotatable bonds is 9. The highest BCUT2D eigenvalue weighted by atomic mass is 32.3. The average molecular weight is 251 g/mol. The first kappa shape index (κ1) is 16.2. The van der Waals surface area contributed by atoms with Gasteiger partial charge in [-0.3, -0.25) is 9.11 Å². The molecule has 0 aliphatic rings. The van der Waals surface area contributed by atoms with Gasteiger partial charge in [0.2, 0.25) is 0 Å². The first-order valence-electron chi connectivity index (χ1n) is 6.45. The third-order valence-electron chi connectivity index (χ3n) is 2.49. The van der Waals surface area contributed by atoms with Crippen LogP contribution in [-0.4, -0.2) is 32.3 Å². The summed E-state index contributed by atoms with van der Waals surface area (Å²) < 4.78 is 22.2. The van der Waals surface area contributed by atoms with Crippen molar-refractivity contribution in [1.29, 1.82) is 0 Å². The van der Waals surface area contributed by atoms with Crippen molar-refractivity contribution in [3.8, 4) is 0 Å². The van der Waals surface area contributed by atoms with Crippen LogP contribution in [0.2, 0.25) is 0 Å². The molecule has 0 saturated heterocycles. The number of nitrogens with zero attached hydrogens (tertiary/aromatic N) is 1. The van der Waals surface area contributed by atoms with Crippen LogP contribution in [0.1, 0.15) is 53.4 Å². The van der Waals surface area contributed by atoms with Gasteiger partial charge < -0.3 is 0 Å². The molecular formula is C12H29NO2S. The predicted molar refractivity (Wildman–Crippen MR) is 73.9 cm³/mol. The van der Waals surface area contributed by atoms with Gasteiger partial charge in [-0.1, -0.05) is 40.5 Å². The van der Waals surface area contributed by atoms with E-state index in [0.717, 1.165) is 38.8 Å². The average Bonchev–Trinajstić information content (AvgIpc) is 2.15. The molecule has 0 aliphatic carbocycles. The summed E-state index contributed by atoms with van der Waals surface area (Å²) in [5.74, 6) is 0.830. The third kappa shape index (κ3) is 6.74. The summed E-state index contributed by atoms with van der Waals surface area (Å²) in [6.45, 7) is 9.95. The second-order valence-corrected chi connectivity index (χ2v) is 6.94. The first-order valence-corrected chi connectivity index (χ1v) is 8.12. The standard InChI is InChI=1S/C12H29NO2S/c1-5-7-9-13(10-8-6-2)16(14,15)11-12(3)4/h12,14-15H,5-11H2,1-4H3. The Kier molecular flexibility index (Phi) is 8.46. The lowest BCUT2D eigenvalue weighted by atomic mass is 10.3. The SMILES string of the molecule is CCCCN(CCCC)S(O)(O)CC(C)C. The van der Waals surface area contributed by atoms with Gasteiger partial charge in [-0.05, 0) is 18.8 Å². The maximum absolute atomic E-state index is 10.2. The van der Waals surface area contributed by atoms with E-state index in [9.17, 15) is 9.11 Å². The molecule has 100 valence electrons. The van der Waals surface area contributed by atoms with Gasteiger partial charge in [0.05, 0.1) is 5.75 Å². The molecule has 0 heterocycles. The summed E-state index contributed by atoms with van der Waals surface area (Å²) in [4.78, 5) is 0. The molecule has 0 aromatic heterocycles. The predicted octanol–water partition coefficient (Wildman–Crippen LogP) is 4.21. The Morgan fingerprint density at radius 1 is 1.00 bits per heavy atom. The Morgan fingerprint density at radius 2 is 1.44 bits per heavy atom. The van der Waals surface area contributed by atoms with Crippen molar-refractivity contribution in [1.82, 2.24) is 4.31 Å². The zero-order chi connectivity index (χ0) is 12.6. The highest BCUT2D eigenvalue weighted by Gasteiger charge is 2.22. The lowest BCUT2D eigenvalue weighted by Gasteiger charge is -2.44. The molecule has 0 unspecified atom stereocenters. The number of hydrogen-bond donors (Lipinski definition) is 2. The van der Waals surface area contributed by atoms with E-state index >= 15 is 0 Å². The van der Waals surface area contributed by atoms with Crippen LogP contribution in [0.25, 0.3) is 0 Å². The molecule has 0 aliphatic heterocycles. The third-order valence-corrected chi connectivity index (χ3v) is 4.80. The maximum Gasteiger partial charge on any atom is 0.0553 e. The van der Waals surface area contributed by atoms with Crippen LogP contribution in [0.5, 0.6) is 0 Å². The minimum absolute atomic E-state index is 0.329. The van der Waals surface area contributed by atoms with Crippen molar-refractivity contribution < 1.29 is 9.11 Å². The highest BCUT2D eigenvalue weighted by molar-refractivity contribution is 8.22. The van der Waals surface area contributed by atoms with E-state index in [2.05, 4.69) is 13.8 Å². The number of unbranched alkanes of at least 4 members (excludes halogenated alkanes) is 2. The second kappa shape index (κ2) is 8.34. The zero-order valence-electron chi connectivity index (χ0n) is 11.3. The van der Waals surface area contributed by atoms with Gasteiger partial charge in [0.1, 0.15) is 0 Å². The molecule has 0 fully saturated rings. The minimum Gasteiger partial charge on any atom is -0.285 e.